The molecule has 2 amide bonds. The van der Waals surface area contributed by atoms with Gasteiger partial charge in [0.25, 0.3) is 5.91 Å². The number of benzene rings is 1. The molecule has 2 rings (SSSR count). The minimum atomic E-state index is -0.561. The van der Waals surface area contributed by atoms with Crippen LogP contribution >= 0.6 is 22.9 Å². The molecule has 1 aromatic carbocycles. The second-order valence-electron chi connectivity index (χ2n) is 5.50. The fourth-order valence-corrected chi connectivity index (χ4v) is 2.95. The zero-order chi connectivity index (χ0) is 19.1. The number of thiophene rings is 1. The van der Waals surface area contributed by atoms with Crippen molar-refractivity contribution in [1.82, 2.24) is 4.90 Å². The van der Waals surface area contributed by atoms with Gasteiger partial charge in [0.2, 0.25) is 5.91 Å². The van der Waals surface area contributed by atoms with E-state index < -0.39 is 18.5 Å². The number of rotatable bonds is 7. The molecule has 6 nitrogen and oxygen atoms in total. The van der Waals surface area contributed by atoms with Gasteiger partial charge in [0.15, 0.2) is 6.61 Å². The number of esters is 1. The summed E-state index contributed by atoms with van der Waals surface area (Å²) >= 11 is 7.30. The first-order valence-corrected chi connectivity index (χ1v) is 9.26. The van der Waals surface area contributed by atoms with Crippen molar-refractivity contribution in [1.29, 1.82) is 0 Å². The van der Waals surface area contributed by atoms with E-state index in [0.717, 1.165) is 5.56 Å². The maximum Gasteiger partial charge on any atom is 0.339 e. The van der Waals surface area contributed by atoms with Crippen LogP contribution in [0.2, 0.25) is 5.02 Å². The lowest BCUT2D eigenvalue weighted by molar-refractivity contribution is -0.137. The number of halogens is 1. The Morgan fingerprint density at radius 3 is 2.69 bits per heavy atom. The highest BCUT2D eigenvalue weighted by atomic mass is 35.5. The van der Waals surface area contributed by atoms with Gasteiger partial charge in [0.05, 0.1) is 12.1 Å². The highest BCUT2D eigenvalue weighted by molar-refractivity contribution is 7.08. The van der Waals surface area contributed by atoms with E-state index in [-0.39, 0.29) is 12.5 Å². The van der Waals surface area contributed by atoms with Crippen molar-refractivity contribution in [3.63, 3.8) is 0 Å². The fourth-order valence-electron chi connectivity index (χ4n) is 2.15. The lowest BCUT2D eigenvalue weighted by Crippen LogP contribution is -2.40. The van der Waals surface area contributed by atoms with Crippen molar-refractivity contribution < 1.29 is 19.1 Å². The Balaban J connectivity index is 1.88. The third-order valence-electron chi connectivity index (χ3n) is 3.63. The number of hydrogen-bond acceptors (Lipinski definition) is 5. The molecule has 0 fully saturated rings. The van der Waals surface area contributed by atoms with Crippen molar-refractivity contribution in [2.45, 2.75) is 13.8 Å². The number of anilines is 1. The molecule has 0 aliphatic heterocycles. The zero-order valence-corrected chi connectivity index (χ0v) is 16.0. The Labute approximate surface area is 160 Å². The Hall–Kier alpha value is -2.38. The molecule has 0 atom stereocenters. The molecule has 2 aromatic rings. The van der Waals surface area contributed by atoms with Gasteiger partial charge >= 0.3 is 5.97 Å². The monoisotopic (exact) mass is 394 g/mol. The molecule has 26 heavy (non-hydrogen) atoms. The number of amides is 2. The molecule has 0 aliphatic rings. The van der Waals surface area contributed by atoms with Gasteiger partial charge in [-0.25, -0.2) is 4.79 Å². The number of hydrogen-bond donors (Lipinski definition) is 1. The van der Waals surface area contributed by atoms with Gasteiger partial charge in [0, 0.05) is 22.6 Å². The number of nitrogens with zero attached hydrogens (tertiary/aromatic N) is 1. The van der Waals surface area contributed by atoms with Crippen LogP contribution in [0.3, 0.4) is 0 Å². The molecule has 1 N–H and O–H groups in total. The number of likely N-dealkylation sites (N-methyl/N-ethyl adjacent to an activating group) is 1. The molecule has 1 heterocycles. The minimum absolute atomic E-state index is 0.142. The summed E-state index contributed by atoms with van der Waals surface area (Å²) in [7, 11) is 0. The van der Waals surface area contributed by atoms with E-state index in [2.05, 4.69) is 5.32 Å². The highest BCUT2D eigenvalue weighted by Gasteiger charge is 2.18. The molecule has 0 unspecified atom stereocenters. The topological polar surface area (TPSA) is 75.7 Å². The molecule has 0 saturated carbocycles. The predicted molar refractivity (Wildman–Crippen MR) is 102 cm³/mol. The largest absolute Gasteiger partial charge is 0.452 e. The van der Waals surface area contributed by atoms with Crippen LogP contribution in [-0.2, 0) is 14.3 Å². The van der Waals surface area contributed by atoms with E-state index in [9.17, 15) is 14.4 Å². The van der Waals surface area contributed by atoms with Gasteiger partial charge in [-0.3, -0.25) is 9.59 Å². The summed E-state index contributed by atoms with van der Waals surface area (Å²) in [5.41, 5.74) is 1.86. The van der Waals surface area contributed by atoms with Gasteiger partial charge in [-0.1, -0.05) is 17.7 Å². The highest BCUT2D eigenvalue weighted by Crippen LogP contribution is 2.20. The van der Waals surface area contributed by atoms with Crippen LogP contribution in [0.5, 0.6) is 0 Å². The molecule has 1 aromatic heterocycles. The van der Waals surface area contributed by atoms with E-state index >= 15 is 0 Å². The average Bonchev–Trinajstić information content (AvgIpc) is 3.15. The zero-order valence-electron chi connectivity index (χ0n) is 14.5. The standard InChI is InChI=1S/C18H19ClN2O4S/c1-3-21(17(23)10-25-18(24)13-6-7-26-11-13)9-16(22)20-15-8-14(19)5-4-12(15)2/h4-8,11H,3,9-10H2,1-2H3,(H,20,22). The van der Waals surface area contributed by atoms with Crippen molar-refractivity contribution in [3.8, 4) is 0 Å². The third kappa shape index (κ3) is 5.57. The quantitative estimate of drug-likeness (QED) is 0.730. The first-order chi connectivity index (χ1) is 12.4. The smallest absolute Gasteiger partial charge is 0.339 e. The van der Waals surface area contributed by atoms with Crippen LogP contribution < -0.4 is 5.32 Å². The average molecular weight is 395 g/mol. The summed E-state index contributed by atoms with van der Waals surface area (Å²) < 4.78 is 4.99. The molecule has 0 radical (unpaired) electrons. The second kappa shape index (κ2) is 9.35. The van der Waals surface area contributed by atoms with E-state index in [0.29, 0.717) is 22.8 Å². The van der Waals surface area contributed by atoms with Crippen molar-refractivity contribution in [3.05, 3.63) is 51.2 Å². The first kappa shape index (κ1) is 19.9. The van der Waals surface area contributed by atoms with E-state index in [1.807, 2.05) is 6.92 Å². The van der Waals surface area contributed by atoms with E-state index in [1.54, 1.807) is 41.9 Å². The van der Waals surface area contributed by atoms with Gasteiger partial charge in [-0.05, 0) is 43.0 Å². The van der Waals surface area contributed by atoms with Crippen LogP contribution in [-0.4, -0.2) is 42.4 Å². The number of ether oxygens (including phenoxy) is 1. The summed E-state index contributed by atoms with van der Waals surface area (Å²) in [6, 6.07) is 6.80. The number of nitrogens with one attached hydrogen (secondary N) is 1. The van der Waals surface area contributed by atoms with Gasteiger partial charge in [0.1, 0.15) is 0 Å². The molecule has 138 valence electrons. The molecule has 0 spiro atoms. The SMILES string of the molecule is CCN(CC(=O)Nc1cc(Cl)ccc1C)C(=O)COC(=O)c1ccsc1. The predicted octanol–water partition coefficient (Wildman–Crippen LogP) is 3.35. The summed E-state index contributed by atoms with van der Waals surface area (Å²) in [6.45, 7) is 3.36. The Morgan fingerprint density at radius 2 is 2.04 bits per heavy atom. The maximum absolute atomic E-state index is 12.2. The Kier molecular flexibility index (Phi) is 7.17. The van der Waals surface area contributed by atoms with Crippen LogP contribution in [0.15, 0.2) is 35.0 Å². The Morgan fingerprint density at radius 1 is 1.27 bits per heavy atom. The lowest BCUT2D eigenvalue weighted by Gasteiger charge is -2.20. The molecule has 0 bridgehead atoms. The molecular formula is C18H19ClN2O4S. The lowest BCUT2D eigenvalue weighted by atomic mass is 10.2. The molecule has 0 saturated heterocycles. The molecular weight excluding hydrogens is 376 g/mol. The van der Waals surface area contributed by atoms with Crippen molar-refractivity contribution >= 4 is 46.4 Å². The number of carbonyl (C=O) groups excluding carboxylic acids is 3. The summed E-state index contributed by atoms with van der Waals surface area (Å²) in [4.78, 5) is 37.5. The van der Waals surface area contributed by atoms with Gasteiger partial charge < -0.3 is 15.0 Å². The molecule has 8 heteroatoms. The number of carbonyl (C=O) groups is 3. The fraction of sp³-hybridized carbons (Fsp3) is 0.278. The summed E-state index contributed by atoms with van der Waals surface area (Å²) in [6.07, 6.45) is 0. The normalized spacial score (nSPS) is 10.3. The van der Waals surface area contributed by atoms with Crippen molar-refractivity contribution in [2.24, 2.45) is 0 Å². The van der Waals surface area contributed by atoms with Crippen molar-refractivity contribution in [2.75, 3.05) is 25.0 Å². The summed E-state index contributed by atoms with van der Waals surface area (Å²) in [5.74, 6) is -1.35. The van der Waals surface area contributed by atoms with Gasteiger partial charge in [-0.15, -0.1) is 0 Å². The Bertz CT molecular complexity index is 792. The van der Waals surface area contributed by atoms with Crippen LogP contribution in [0.4, 0.5) is 5.69 Å². The van der Waals surface area contributed by atoms with Gasteiger partial charge in [-0.2, -0.15) is 11.3 Å². The number of aryl methyl sites for hydroxylation is 1. The second-order valence-corrected chi connectivity index (χ2v) is 6.72. The first-order valence-electron chi connectivity index (χ1n) is 7.93. The maximum atomic E-state index is 12.2. The van der Waals surface area contributed by atoms with E-state index in [1.165, 1.54) is 16.2 Å². The minimum Gasteiger partial charge on any atom is -0.452 e. The third-order valence-corrected chi connectivity index (χ3v) is 4.54. The molecule has 0 aliphatic carbocycles. The van der Waals surface area contributed by atoms with Crippen LogP contribution in [0.25, 0.3) is 0 Å². The summed E-state index contributed by atoms with van der Waals surface area (Å²) in [5, 5.41) is 6.64. The van der Waals surface area contributed by atoms with Crippen LogP contribution in [0.1, 0.15) is 22.8 Å². The van der Waals surface area contributed by atoms with E-state index in [4.69, 9.17) is 16.3 Å². The van der Waals surface area contributed by atoms with Crippen LogP contribution in [0, 0.1) is 6.92 Å².